The highest BCUT2D eigenvalue weighted by atomic mass is 19.1. The van der Waals surface area contributed by atoms with E-state index < -0.39 is 5.82 Å². The number of anilines is 3. The number of nitrogens with zero attached hydrogens (tertiary/aromatic N) is 8. The molecule has 5 rings (SSSR count). The average Bonchev–Trinajstić information content (AvgIpc) is 3.24. The first-order valence-corrected chi connectivity index (χ1v) is 12.5. The molecule has 9 nitrogen and oxygen atoms in total. The lowest BCUT2D eigenvalue weighted by Gasteiger charge is -2.35. The van der Waals surface area contributed by atoms with Crippen LogP contribution >= 0.6 is 0 Å². The zero-order chi connectivity index (χ0) is 25.9. The SMILES string of the molecule is CC(C)c1c2cc(-c3nc(Nc4ccc(N5CCN(CCC#N)CC5)cn4)ncc3F)ccc2nn1C. The number of halogens is 1. The summed E-state index contributed by atoms with van der Waals surface area (Å²) in [6, 6.07) is 11.8. The summed E-state index contributed by atoms with van der Waals surface area (Å²) in [5, 5.41) is 17.4. The van der Waals surface area contributed by atoms with Crippen molar-refractivity contribution >= 4 is 28.4 Å². The van der Waals surface area contributed by atoms with Gasteiger partial charge in [-0.25, -0.2) is 19.3 Å². The molecule has 1 fully saturated rings. The first kappa shape index (κ1) is 24.6. The Hall–Kier alpha value is -4.10. The average molecular weight is 500 g/mol. The number of nitrogens with one attached hydrogen (secondary N) is 1. The number of rotatable bonds is 7. The van der Waals surface area contributed by atoms with Crippen molar-refractivity contribution in [2.45, 2.75) is 26.2 Å². The molecule has 1 aromatic carbocycles. The highest BCUT2D eigenvalue weighted by Gasteiger charge is 2.18. The first-order chi connectivity index (χ1) is 17.9. The Kier molecular flexibility index (Phi) is 6.97. The van der Waals surface area contributed by atoms with Crippen LogP contribution in [0, 0.1) is 17.1 Å². The van der Waals surface area contributed by atoms with Crippen LogP contribution in [0.1, 0.15) is 31.9 Å². The van der Waals surface area contributed by atoms with Gasteiger partial charge in [0.25, 0.3) is 0 Å². The van der Waals surface area contributed by atoms with Gasteiger partial charge < -0.3 is 10.2 Å². The maximum absolute atomic E-state index is 14.8. The Labute approximate surface area is 215 Å². The number of hydrogen-bond acceptors (Lipinski definition) is 8. The Morgan fingerprint density at radius 2 is 1.89 bits per heavy atom. The fraction of sp³-hybridized carbons (Fsp3) is 0.370. The van der Waals surface area contributed by atoms with Crippen LogP contribution in [-0.2, 0) is 7.05 Å². The first-order valence-electron chi connectivity index (χ1n) is 12.5. The molecule has 3 aromatic heterocycles. The van der Waals surface area contributed by atoms with E-state index in [-0.39, 0.29) is 17.6 Å². The van der Waals surface area contributed by atoms with Crippen LogP contribution in [0.5, 0.6) is 0 Å². The van der Waals surface area contributed by atoms with E-state index in [1.165, 1.54) is 6.20 Å². The smallest absolute Gasteiger partial charge is 0.229 e. The third-order valence-corrected chi connectivity index (χ3v) is 6.71. The third-order valence-electron chi connectivity index (χ3n) is 6.71. The van der Waals surface area contributed by atoms with Gasteiger partial charge in [0.05, 0.1) is 29.7 Å². The van der Waals surface area contributed by atoms with E-state index >= 15 is 0 Å². The topological polar surface area (TPSA) is 98.8 Å². The maximum atomic E-state index is 14.8. The fourth-order valence-corrected chi connectivity index (χ4v) is 4.88. The molecule has 0 spiro atoms. The fourth-order valence-electron chi connectivity index (χ4n) is 4.88. The molecule has 0 aliphatic carbocycles. The van der Waals surface area contributed by atoms with Gasteiger partial charge in [-0.2, -0.15) is 10.4 Å². The van der Waals surface area contributed by atoms with Crippen molar-refractivity contribution in [1.82, 2.24) is 29.6 Å². The van der Waals surface area contributed by atoms with Gasteiger partial charge in [0, 0.05) is 62.8 Å². The molecule has 0 unspecified atom stereocenters. The van der Waals surface area contributed by atoms with Gasteiger partial charge in [-0.15, -0.1) is 0 Å². The molecule has 37 heavy (non-hydrogen) atoms. The minimum Gasteiger partial charge on any atom is -0.368 e. The van der Waals surface area contributed by atoms with E-state index in [0.29, 0.717) is 17.8 Å². The minimum atomic E-state index is -0.489. The molecule has 1 saturated heterocycles. The van der Waals surface area contributed by atoms with E-state index in [2.05, 4.69) is 55.1 Å². The van der Waals surface area contributed by atoms with Gasteiger partial charge >= 0.3 is 0 Å². The van der Waals surface area contributed by atoms with E-state index in [9.17, 15) is 4.39 Å². The van der Waals surface area contributed by atoms with Crippen LogP contribution in [0.15, 0.2) is 42.7 Å². The van der Waals surface area contributed by atoms with Crippen molar-refractivity contribution in [3.8, 4) is 17.3 Å². The normalized spacial score (nSPS) is 14.3. The third kappa shape index (κ3) is 5.22. The van der Waals surface area contributed by atoms with Gasteiger partial charge in [0.1, 0.15) is 11.5 Å². The second kappa shape index (κ2) is 10.5. The summed E-state index contributed by atoms with van der Waals surface area (Å²) >= 11 is 0. The molecule has 1 aliphatic heterocycles. The van der Waals surface area contributed by atoms with E-state index in [1.54, 1.807) is 0 Å². The molecular formula is C27H30FN9. The molecule has 10 heteroatoms. The van der Waals surface area contributed by atoms with Crippen LogP contribution in [-0.4, -0.2) is 62.4 Å². The number of fused-ring (bicyclic) bond motifs is 1. The number of aryl methyl sites for hydroxylation is 1. The van der Waals surface area contributed by atoms with Crippen LogP contribution < -0.4 is 10.2 Å². The number of benzene rings is 1. The monoisotopic (exact) mass is 499 g/mol. The van der Waals surface area contributed by atoms with Crippen molar-refractivity contribution in [3.05, 3.63) is 54.2 Å². The van der Waals surface area contributed by atoms with Gasteiger partial charge in [-0.1, -0.05) is 19.9 Å². The predicted molar refractivity (Wildman–Crippen MR) is 142 cm³/mol. The van der Waals surface area contributed by atoms with E-state index in [1.807, 2.05) is 48.3 Å². The number of pyridine rings is 1. The van der Waals surface area contributed by atoms with Crippen molar-refractivity contribution < 1.29 is 4.39 Å². The largest absolute Gasteiger partial charge is 0.368 e. The Balaban J connectivity index is 1.31. The molecule has 190 valence electrons. The Bertz CT molecular complexity index is 1430. The van der Waals surface area contributed by atoms with E-state index in [0.717, 1.165) is 55.0 Å². The summed E-state index contributed by atoms with van der Waals surface area (Å²) in [6.45, 7) is 8.69. The molecule has 0 bridgehead atoms. The minimum absolute atomic E-state index is 0.226. The van der Waals surface area contributed by atoms with Crippen molar-refractivity contribution in [1.29, 1.82) is 5.26 Å². The highest BCUT2D eigenvalue weighted by molar-refractivity contribution is 5.86. The second-order valence-electron chi connectivity index (χ2n) is 9.55. The Morgan fingerprint density at radius 1 is 1.08 bits per heavy atom. The predicted octanol–water partition coefficient (Wildman–Crippen LogP) is 4.47. The van der Waals surface area contributed by atoms with Gasteiger partial charge in [0.15, 0.2) is 5.82 Å². The van der Waals surface area contributed by atoms with E-state index in [4.69, 9.17) is 5.26 Å². The van der Waals surface area contributed by atoms with Crippen LogP contribution in [0.2, 0.25) is 0 Å². The molecule has 4 heterocycles. The quantitative estimate of drug-likeness (QED) is 0.398. The lowest BCUT2D eigenvalue weighted by molar-refractivity contribution is 0.263. The number of nitriles is 1. The molecule has 0 radical (unpaired) electrons. The zero-order valence-electron chi connectivity index (χ0n) is 21.3. The summed E-state index contributed by atoms with van der Waals surface area (Å²) in [5.74, 6) is 0.646. The number of hydrogen-bond donors (Lipinski definition) is 1. The van der Waals surface area contributed by atoms with Crippen molar-refractivity contribution in [2.24, 2.45) is 7.05 Å². The zero-order valence-corrected chi connectivity index (χ0v) is 21.3. The summed E-state index contributed by atoms with van der Waals surface area (Å²) in [5.41, 5.74) is 3.90. The Morgan fingerprint density at radius 3 is 2.59 bits per heavy atom. The van der Waals surface area contributed by atoms with Crippen LogP contribution in [0.3, 0.4) is 0 Å². The molecule has 4 aromatic rings. The van der Waals surface area contributed by atoms with Crippen molar-refractivity contribution in [2.75, 3.05) is 42.9 Å². The molecule has 1 aliphatic rings. The lowest BCUT2D eigenvalue weighted by atomic mass is 10.0. The van der Waals surface area contributed by atoms with Crippen molar-refractivity contribution in [3.63, 3.8) is 0 Å². The standard InChI is InChI=1S/C27H30FN9/c1-18(2)26-21-15-19(5-7-23(21)34-35(26)3)25-22(28)17-31-27(33-25)32-24-8-6-20(16-30-24)37-13-11-36(12-14-37)10-4-9-29/h5-8,15-18H,4,10-14H2,1-3H3,(H,30,31,32,33). The number of piperazine rings is 1. The molecule has 1 N–H and O–H groups in total. The summed E-state index contributed by atoms with van der Waals surface area (Å²) in [6.07, 6.45) is 3.56. The highest BCUT2D eigenvalue weighted by Crippen LogP contribution is 2.30. The second-order valence-corrected chi connectivity index (χ2v) is 9.55. The summed E-state index contributed by atoms with van der Waals surface area (Å²) in [7, 11) is 1.93. The molecule has 0 saturated carbocycles. The lowest BCUT2D eigenvalue weighted by Crippen LogP contribution is -2.46. The molecule has 0 atom stereocenters. The number of aromatic nitrogens is 5. The summed E-state index contributed by atoms with van der Waals surface area (Å²) in [4.78, 5) is 17.7. The molecular weight excluding hydrogens is 469 g/mol. The van der Waals surface area contributed by atoms with Crippen LogP contribution in [0.25, 0.3) is 22.2 Å². The van der Waals surface area contributed by atoms with Gasteiger partial charge in [-0.05, 0) is 30.2 Å². The molecule has 0 amide bonds. The summed E-state index contributed by atoms with van der Waals surface area (Å²) < 4.78 is 16.7. The van der Waals surface area contributed by atoms with Crippen LogP contribution in [0.4, 0.5) is 21.8 Å². The van der Waals surface area contributed by atoms with Gasteiger partial charge in [-0.3, -0.25) is 9.58 Å². The van der Waals surface area contributed by atoms with Gasteiger partial charge in [0.2, 0.25) is 5.95 Å². The maximum Gasteiger partial charge on any atom is 0.229 e.